The van der Waals surface area contributed by atoms with E-state index in [0.29, 0.717) is 11.3 Å². The fourth-order valence-corrected chi connectivity index (χ4v) is 2.49. The zero-order valence-corrected chi connectivity index (χ0v) is 10.6. The van der Waals surface area contributed by atoms with Crippen molar-refractivity contribution in [1.82, 2.24) is 0 Å². The molecule has 1 fully saturated rings. The van der Waals surface area contributed by atoms with Crippen molar-refractivity contribution >= 4 is 5.91 Å². The lowest BCUT2D eigenvalue weighted by molar-refractivity contribution is -0.127. The third kappa shape index (κ3) is 3.51. The molecule has 2 N–H and O–H groups in total. The van der Waals surface area contributed by atoms with Crippen LogP contribution in [0, 0.1) is 16.7 Å². The average molecular weight is 211 g/mol. The van der Waals surface area contributed by atoms with Crippen LogP contribution in [-0.2, 0) is 4.79 Å². The Kier molecular flexibility index (Phi) is 3.47. The summed E-state index contributed by atoms with van der Waals surface area (Å²) in [6.45, 7) is 8.61. The minimum absolute atomic E-state index is 0.160. The molecule has 0 radical (unpaired) electrons. The van der Waals surface area contributed by atoms with Gasteiger partial charge in [0.15, 0.2) is 0 Å². The lowest BCUT2D eigenvalue weighted by atomic mass is 9.69. The van der Waals surface area contributed by atoms with Gasteiger partial charge in [-0.1, -0.05) is 27.7 Å². The van der Waals surface area contributed by atoms with Crippen LogP contribution in [0.1, 0.15) is 59.8 Å². The number of primary amides is 1. The molecule has 15 heavy (non-hydrogen) atoms. The Labute approximate surface area is 93.6 Å². The zero-order chi connectivity index (χ0) is 11.7. The first kappa shape index (κ1) is 12.5. The van der Waals surface area contributed by atoms with Crippen molar-refractivity contribution in [3.63, 3.8) is 0 Å². The highest BCUT2D eigenvalue weighted by molar-refractivity contribution is 5.79. The zero-order valence-electron chi connectivity index (χ0n) is 10.6. The molecule has 1 amide bonds. The molecule has 0 saturated heterocycles. The van der Waals surface area contributed by atoms with Gasteiger partial charge in [0.25, 0.3) is 0 Å². The van der Waals surface area contributed by atoms with Gasteiger partial charge in [0.1, 0.15) is 0 Å². The van der Waals surface area contributed by atoms with Crippen LogP contribution in [-0.4, -0.2) is 5.91 Å². The normalized spacial score (nSPS) is 22.7. The van der Waals surface area contributed by atoms with Gasteiger partial charge >= 0.3 is 0 Å². The largest absolute Gasteiger partial charge is 0.369 e. The summed E-state index contributed by atoms with van der Waals surface area (Å²) in [6, 6.07) is 0. The summed E-state index contributed by atoms with van der Waals surface area (Å²) >= 11 is 0. The fourth-order valence-electron chi connectivity index (χ4n) is 2.49. The van der Waals surface area contributed by atoms with Gasteiger partial charge in [-0.3, -0.25) is 4.79 Å². The Balaban J connectivity index is 2.46. The molecule has 88 valence electrons. The number of nitrogens with two attached hydrogens (primary N) is 1. The maximum absolute atomic E-state index is 11.2. The van der Waals surface area contributed by atoms with E-state index in [4.69, 9.17) is 5.73 Å². The smallest absolute Gasteiger partial charge is 0.223 e. The third-order valence-electron chi connectivity index (χ3n) is 3.92. The van der Waals surface area contributed by atoms with E-state index < -0.39 is 0 Å². The molecule has 1 rings (SSSR count). The first-order valence-corrected chi connectivity index (χ1v) is 6.03. The molecule has 1 aliphatic carbocycles. The van der Waals surface area contributed by atoms with Crippen LogP contribution in [0.2, 0.25) is 0 Å². The molecule has 0 bridgehead atoms. The highest BCUT2D eigenvalue weighted by Crippen LogP contribution is 2.42. The Morgan fingerprint density at radius 3 is 2.20 bits per heavy atom. The van der Waals surface area contributed by atoms with Gasteiger partial charge < -0.3 is 5.73 Å². The fraction of sp³-hybridized carbons (Fsp3) is 0.923. The van der Waals surface area contributed by atoms with E-state index in [0.717, 1.165) is 6.42 Å². The van der Waals surface area contributed by atoms with Crippen molar-refractivity contribution in [3.05, 3.63) is 0 Å². The van der Waals surface area contributed by atoms with E-state index in [-0.39, 0.29) is 11.3 Å². The van der Waals surface area contributed by atoms with Crippen molar-refractivity contribution in [1.29, 1.82) is 0 Å². The van der Waals surface area contributed by atoms with Gasteiger partial charge in [-0.2, -0.15) is 0 Å². The van der Waals surface area contributed by atoms with Crippen molar-refractivity contribution in [2.45, 2.75) is 59.8 Å². The van der Waals surface area contributed by atoms with Crippen LogP contribution in [0.4, 0.5) is 0 Å². The number of amides is 1. The summed E-state index contributed by atoms with van der Waals surface area (Å²) in [5.74, 6) is 0.535. The number of hydrogen-bond donors (Lipinski definition) is 1. The molecule has 0 spiro atoms. The minimum atomic E-state index is -0.327. The van der Waals surface area contributed by atoms with E-state index >= 15 is 0 Å². The van der Waals surface area contributed by atoms with Crippen LogP contribution in [0.25, 0.3) is 0 Å². The van der Waals surface area contributed by atoms with Crippen molar-refractivity contribution in [2.75, 3.05) is 0 Å². The molecule has 1 saturated carbocycles. The minimum Gasteiger partial charge on any atom is -0.369 e. The van der Waals surface area contributed by atoms with Crippen LogP contribution in [0.3, 0.4) is 0 Å². The highest BCUT2D eigenvalue weighted by atomic mass is 16.1. The van der Waals surface area contributed by atoms with Gasteiger partial charge in [-0.15, -0.1) is 0 Å². The lowest BCUT2D eigenvalue weighted by Crippen LogP contribution is -2.34. The van der Waals surface area contributed by atoms with Crippen molar-refractivity contribution in [3.8, 4) is 0 Å². The summed E-state index contributed by atoms with van der Waals surface area (Å²) in [5, 5.41) is 0. The molecule has 1 aliphatic rings. The van der Waals surface area contributed by atoms with Crippen LogP contribution >= 0.6 is 0 Å². The summed E-state index contributed by atoms with van der Waals surface area (Å²) in [5.41, 5.74) is 5.58. The van der Waals surface area contributed by atoms with E-state index in [2.05, 4.69) is 13.8 Å². The molecular weight excluding hydrogens is 186 g/mol. The molecule has 0 heterocycles. The third-order valence-corrected chi connectivity index (χ3v) is 3.92. The van der Waals surface area contributed by atoms with E-state index in [1.807, 2.05) is 13.8 Å². The SMILES string of the molecule is CC1(C)CCC(CC(C)(C)C(N)=O)CC1. The number of carbonyl (C=O) groups excluding carboxylic acids is 1. The van der Waals surface area contributed by atoms with Crippen molar-refractivity contribution < 1.29 is 4.79 Å². The van der Waals surface area contributed by atoms with E-state index in [1.165, 1.54) is 25.7 Å². The molecule has 2 heteroatoms. The first-order valence-electron chi connectivity index (χ1n) is 6.03. The second-order valence-corrected chi connectivity index (χ2v) is 6.56. The standard InChI is InChI=1S/C13H25NO/c1-12(2)7-5-10(6-8-12)9-13(3,4)11(14)15/h10H,5-9H2,1-4H3,(H2,14,15). The molecule has 0 atom stereocenters. The van der Waals surface area contributed by atoms with Gasteiger partial charge in [0.05, 0.1) is 0 Å². The number of hydrogen-bond acceptors (Lipinski definition) is 1. The van der Waals surface area contributed by atoms with Gasteiger partial charge in [-0.05, 0) is 43.4 Å². The molecule has 0 aromatic carbocycles. The van der Waals surface area contributed by atoms with Gasteiger partial charge in [-0.25, -0.2) is 0 Å². The van der Waals surface area contributed by atoms with Gasteiger partial charge in [0, 0.05) is 5.41 Å². The Morgan fingerprint density at radius 1 is 1.33 bits per heavy atom. The second kappa shape index (κ2) is 4.15. The predicted molar refractivity (Wildman–Crippen MR) is 63.3 cm³/mol. The van der Waals surface area contributed by atoms with E-state index in [1.54, 1.807) is 0 Å². The quantitative estimate of drug-likeness (QED) is 0.766. The van der Waals surface area contributed by atoms with Crippen LogP contribution in [0.5, 0.6) is 0 Å². The second-order valence-electron chi connectivity index (χ2n) is 6.56. The number of carbonyl (C=O) groups is 1. The molecule has 0 unspecified atom stereocenters. The summed E-state index contributed by atoms with van der Waals surface area (Å²) in [4.78, 5) is 11.2. The van der Waals surface area contributed by atoms with Crippen molar-refractivity contribution in [2.24, 2.45) is 22.5 Å². The lowest BCUT2D eigenvalue weighted by Gasteiger charge is -2.37. The summed E-state index contributed by atoms with van der Waals surface area (Å²) in [6.07, 6.45) is 6.03. The van der Waals surface area contributed by atoms with Crippen LogP contribution < -0.4 is 5.73 Å². The summed E-state index contributed by atoms with van der Waals surface area (Å²) in [7, 11) is 0. The monoisotopic (exact) mass is 211 g/mol. The van der Waals surface area contributed by atoms with Crippen LogP contribution in [0.15, 0.2) is 0 Å². The predicted octanol–water partition coefficient (Wildman–Crippen LogP) is 3.10. The Bertz CT molecular complexity index is 233. The van der Waals surface area contributed by atoms with E-state index in [9.17, 15) is 4.79 Å². The molecular formula is C13H25NO. The molecule has 0 aliphatic heterocycles. The molecule has 0 aromatic rings. The average Bonchev–Trinajstić information content (AvgIpc) is 2.08. The van der Waals surface area contributed by atoms with Gasteiger partial charge in [0.2, 0.25) is 5.91 Å². The topological polar surface area (TPSA) is 43.1 Å². The maximum atomic E-state index is 11.2. The molecule has 2 nitrogen and oxygen atoms in total. The first-order chi connectivity index (χ1) is 6.73. The Morgan fingerprint density at radius 2 is 1.80 bits per heavy atom. The Hall–Kier alpha value is -0.530. The summed E-state index contributed by atoms with van der Waals surface area (Å²) < 4.78 is 0. The highest BCUT2D eigenvalue weighted by Gasteiger charge is 2.33. The molecule has 0 aromatic heterocycles. The maximum Gasteiger partial charge on any atom is 0.223 e. The number of rotatable bonds is 3.